The molecule has 1 aliphatic rings. The molecule has 0 bridgehead atoms. The van der Waals surface area contributed by atoms with Gasteiger partial charge in [0.1, 0.15) is 3.23 Å². The molecule has 0 saturated carbocycles. The zero-order valence-electron chi connectivity index (χ0n) is 7.58. The third kappa shape index (κ3) is 2.37. The molecule has 1 aliphatic carbocycles. The van der Waals surface area contributed by atoms with E-state index in [0.717, 1.165) is 6.42 Å². The zero-order chi connectivity index (χ0) is 10.0. The molecule has 72 valence electrons. The van der Waals surface area contributed by atoms with E-state index in [4.69, 9.17) is 0 Å². The zero-order valence-corrected chi connectivity index (χ0v) is 10.8. The molecule has 0 nitrogen and oxygen atoms in total. The van der Waals surface area contributed by atoms with Crippen LogP contribution >= 0.6 is 31.9 Å². The maximum Gasteiger partial charge on any atom is 0.103 e. The lowest BCUT2D eigenvalue weighted by Crippen LogP contribution is -2.10. The highest BCUT2D eigenvalue weighted by molar-refractivity contribution is 9.25. The van der Waals surface area contributed by atoms with Crippen molar-refractivity contribution in [3.63, 3.8) is 0 Å². The van der Waals surface area contributed by atoms with Crippen LogP contribution in [-0.4, -0.2) is 3.23 Å². The van der Waals surface area contributed by atoms with Gasteiger partial charge >= 0.3 is 0 Å². The van der Waals surface area contributed by atoms with Gasteiger partial charge in [-0.1, -0.05) is 80.4 Å². The van der Waals surface area contributed by atoms with Crippen LogP contribution in [0.3, 0.4) is 0 Å². The lowest BCUT2D eigenvalue weighted by Gasteiger charge is -2.21. The number of rotatable bonds is 1. The Labute approximate surface area is 101 Å². The van der Waals surface area contributed by atoms with Crippen molar-refractivity contribution < 1.29 is 0 Å². The van der Waals surface area contributed by atoms with Crippen molar-refractivity contribution in [2.75, 3.05) is 0 Å². The summed E-state index contributed by atoms with van der Waals surface area (Å²) in [6.45, 7) is 0. The number of halogens is 2. The summed E-state index contributed by atoms with van der Waals surface area (Å²) in [6.07, 6.45) is 7.32. The van der Waals surface area contributed by atoms with E-state index in [1.54, 1.807) is 0 Å². The maximum atomic E-state index is 3.62. The molecule has 0 N–H and O–H groups in total. The van der Waals surface area contributed by atoms with Crippen molar-refractivity contribution in [2.24, 2.45) is 0 Å². The minimum Gasteiger partial charge on any atom is -0.0677 e. The largest absolute Gasteiger partial charge is 0.103 e. The molecule has 0 aromatic heterocycles. The molecule has 1 aromatic carbocycles. The minimum absolute atomic E-state index is 0.0695. The second-order valence-corrected chi connectivity index (χ2v) is 7.25. The Morgan fingerprint density at radius 1 is 1.07 bits per heavy atom. The normalized spacial score (nSPS) is 19.1. The van der Waals surface area contributed by atoms with Crippen molar-refractivity contribution in [1.82, 2.24) is 0 Å². The van der Waals surface area contributed by atoms with Gasteiger partial charge in [-0.15, -0.1) is 0 Å². The standard InChI is InChI=1S/C12H10Br2/c13-12(14)8-4-7-11(9-12)10-5-2-1-3-6-10/h1-8H,9H2. The SMILES string of the molecule is BrC1(Br)C=CC=C(c2ccccc2)C1. The van der Waals surface area contributed by atoms with Gasteiger partial charge in [-0.2, -0.15) is 0 Å². The fourth-order valence-electron chi connectivity index (χ4n) is 1.53. The molecule has 2 heteroatoms. The first-order chi connectivity index (χ1) is 6.67. The van der Waals surface area contributed by atoms with Gasteiger partial charge in [-0.25, -0.2) is 0 Å². The lowest BCUT2D eigenvalue weighted by atomic mass is 9.97. The number of benzene rings is 1. The molecule has 2 rings (SSSR count). The minimum atomic E-state index is -0.0695. The topological polar surface area (TPSA) is 0 Å². The van der Waals surface area contributed by atoms with Gasteiger partial charge in [0.25, 0.3) is 0 Å². The molecule has 14 heavy (non-hydrogen) atoms. The van der Waals surface area contributed by atoms with Crippen molar-refractivity contribution in [2.45, 2.75) is 9.65 Å². The molecule has 0 radical (unpaired) electrons. The molecule has 0 fully saturated rings. The lowest BCUT2D eigenvalue weighted by molar-refractivity contribution is 1.04. The molecule has 1 aromatic rings. The highest BCUT2D eigenvalue weighted by Gasteiger charge is 2.23. The molecule has 0 aliphatic heterocycles. The molecular weight excluding hydrogens is 304 g/mol. The molecule has 0 unspecified atom stereocenters. The number of hydrogen-bond donors (Lipinski definition) is 0. The summed E-state index contributed by atoms with van der Waals surface area (Å²) in [6, 6.07) is 10.5. The summed E-state index contributed by atoms with van der Waals surface area (Å²) in [7, 11) is 0. The highest BCUT2D eigenvalue weighted by Crippen LogP contribution is 2.40. The van der Waals surface area contributed by atoms with Gasteiger partial charge in [-0.3, -0.25) is 0 Å². The fraction of sp³-hybridized carbons (Fsp3) is 0.167. The monoisotopic (exact) mass is 312 g/mol. The number of alkyl halides is 2. The van der Waals surface area contributed by atoms with E-state index in [1.807, 2.05) is 6.07 Å². The predicted octanol–water partition coefficient (Wildman–Crippen LogP) is 4.52. The van der Waals surface area contributed by atoms with E-state index in [9.17, 15) is 0 Å². The van der Waals surface area contributed by atoms with E-state index < -0.39 is 0 Å². The summed E-state index contributed by atoms with van der Waals surface area (Å²) in [4.78, 5) is 0. The van der Waals surface area contributed by atoms with Crippen molar-refractivity contribution in [3.05, 3.63) is 54.1 Å². The molecule has 0 spiro atoms. The Morgan fingerprint density at radius 3 is 2.43 bits per heavy atom. The first-order valence-electron chi connectivity index (χ1n) is 4.49. The van der Waals surface area contributed by atoms with Crippen LogP contribution in [0.4, 0.5) is 0 Å². The maximum absolute atomic E-state index is 3.62. The van der Waals surface area contributed by atoms with Crippen LogP contribution in [0, 0.1) is 0 Å². The quantitative estimate of drug-likeness (QED) is 0.669. The Hall–Kier alpha value is -0.340. The Morgan fingerprint density at radius 2 is 1.79 bits per heavy atom. The molecule has 0 amide bonds. The van der Waals surface area contributed by atoms with Gasteiger partial charge in [0.15, 0.2) is 0 Å². The first kappa shape index (κ1) is 10.2. The van der Waals surface area contributed by atoms with Crippen molar-refractivity contribution in [3.8, 4) is 0 Å². The van der Waals surface area contributed by atoms with Crippen molar-refractivity contribution >= 4 is 37.4 Å². The summed E-state index contributed by atoms with van der Waals surface area (Å²) in [5.74, 6) is 0. The first-order valence-corrected chi connectivity index (χ1v) is 6.08. The van der Waals surface area contributed by atoms with Crippen LogP contribution in [-0.2, 0) is 0 Å². The molecule has 0 atom stereocenters. The van der Waals surface area contributed by atoms with Gasteiger partial charge in [0.2, 0.25) is 0 Å². The van der Waals surface area contributed by atoms with Crippen LogP contribution < -0.4 is 0 Å². The van der Waals surface area contributed by atoms with E-state index >= 15 is 0 Å². The summed E-state index contributed by atoms with van der Waals surface area (Å²) < 4.78 is -0.0695. The highest BCUT2D eigenvalue weighted by atomic mass is 79.9. The second kappa shape index (κ2) is 4.03. The van der Waals surface area contributed by atoms with Gasteiger partial charge < -0.3 is 0 Å². The summed E-state index contributed by atoms with van der Waals surface area (Å²) in [5, 5.41) is 0. The smallest absolute Gasteiger partial charge is 0.0677 e. The average molecular weight is 314 g/mol. The van der Waals surface area contributed by atoms with Crippen LogP contribution in [0.5, 0.6) is 0 Å². The Bertz CT molecular complexity index is 375. The van der Waals surface area contributed by atoms with E-state index in [2.05, 4.69) is 74.4 Å². The van der Waals surface area contributed by atoms with Crippen LogP contribution in [0.1, 0.15) is 12.0 Å². The fourth-order valence-corrected chi connectivity index (χ4v) is 2.44. The molecular formula is C12H10Br2. The van der Waals surface area contributed by atoms with E-state index in [1.165, 1.54) is 11.1 Å². The number of hydrogen-bond acceptors (Lipinski definition) is 0. The third-order valence-corrected chi connectivity index (χ3v) is 3.30. The van der Waals surface area contributed by atoms with E-state index in [-0.39, 0.29) is 3.23 Å². The summed E-state index contributed by atoms with van der Waals surface area (Å²) >= 11 is 7.24. The van der Waals surface area contributed by atoms with Gasteiger partial charge in [-0.05, 0) is 11.1 Å². The van der Waals surface area contributed by atoms with Gasteiger partial charge in [0.05, 0.1) is 0 Å². The van der Waals surface area contributed by atoms with E-state index in [0.29, 0.717) is 0 Å². The Kier molecular flexibility index (Phi) is 2.93. The molecule has 0 saturated heterocycles. The number of allylic oxidation sites excluding steroid dienone is 4. The van der Waals surface area contributed by atoms with Gasteiger partial charge in [0, 0.05) is 6.42 Å². The van der Waals surface area contributed by atoms with Crippen LogP contribution in [0.15, 0.2) is 48.6 Å². The predicted molar refractivity (Wildman–Crippen MR) is 68.8 cm³/mol. The second-order valence-electron chi connectivity index (χ2n) is 3.35. The summed E-state index contributed by atoms with van der Waals surface area (Å²) in [5.41, 5.74) is 2.64. The van der Waals surface area contributed by atoms with Crippen LogP contribution in [0.25, 0.3) is 5.57 Å². The Balaban J connectivity index is 2.30. The van der Waals surface area contributed by atoms with Crippen LogP contribution in [0.2, 0.25) is 0 Å². The molecule has 0 heterocycles. The third-order valence-electron chi connectivity index (χ3n) is 2.21. The average Bonchev–Trinajstić information content (AvgIpc) is 2.18. The van der Waals surface area contributed by atoms with Crippen molar-refractivity contribution in [1.29, 1.82) is 0 Å².